The third kappa shape index (κ3) is 1.77. The molecule has 0 fully saturated rings. The van der Waals surface area contributed by atoms with Crippen LogP contribution in [0.5, 0.6) is 0 Å². The van der Waals surface area contributed by atoms with E-state index in [1.807, 2.05) is 16.8 Å². The lowest BCUT2D eigenvalue weighted by Gasteiger charge is -2.10. The first kappa shape index (κ1) is 12.0. The van der Waals surface area contributed by atoms with Crippen LogP contribution >= 0.6 is 11.6 Å². The molecule has 5 nitrogen and oxygen atoms in total. The van der Waals surface area contributed by atoms with Crippen LogP contribution in [0.3, 0.4) is 0 Å². The van der Waals surface area contributed by atoms with Crippen LogP contribution in [0, 0.1) is 0 Å². The van der Waals surface area contributed by atoms with Gasteiger partial charge in [0.05, 0.1) is 23.2 Å². The van der Waals surface area contributed by atoms with Gasteiger partial charge in [-0.15, -0.1) is 0 Å². The fourth-order valence-electron chi connectivity index (χ4n) is 2.14. The summed E-state index contributed by atoms with van der Waals surface area (Å²) < 4.78 is 3.82. The number of nitrogens with two attached hydrogens (primary N) is 1. The number of nitrogens with zero attached hydrogens (tertiary/aromatic N) is 4. The second-order valence-corrected chi connectivity index (χ2v) is 5.08. The van der Waals surface area contributed by atoms with E-state index in [9.17, 15) is 0 Å². The summed E-state index contributed by atoms with van der Waals surface area (Å²) in [5.41, 5.74) is 8.43. The average molecular weight is 276 g/mol. The Morgan fingerprint density at radius 3 is 2.84 bits per heavy atom. The molecule has 3 aromatic heterocycles. The highest BCUT2D eigenvalue weighted by Gasteiger charge is 2.17. The zero-order valence-corrected chi connectivity index (χ0v) is 11.5. The van der Waals surface area contributed by atoms with E-state index in [4.69, 9.17) is 17.3 Å². The van der Waals surface area contributed by atoms with Crippen LogP contribution in [0.1, 0.15) is 19.9 Å². The Balaban J connectivity index is 2.29. The summed E-state index contributed by atoms with van der Waals surface area (Å²) in [6, 6.07) is 3.93. The van der Waals surface area contributed by atoms with E-state index in [0.29, 0.717) is 22.2 Å². The Kier molecular flexibility index (Phi) is 2.71. The molecule has 0 amide bonds. The molecule has 0 atom stereocenters. The second-order valence-electron chi connectivity index (χ2n) is 4.68. The van der Waals surface area contributed by atoms with E-state index in [2.05, 4.69) is 23.8 Å². The maximum Gasteiger partial charge on any atom is 0.158 e. The molecule has 3 aromatic rings. The summed E-state index contributed by atoms with van der Waals surface area (Å²) in [5, 5.41) is 0.580. The predicted octanol–water partition coefficient (Wildman–Crippen LogP) is 3.01. The first-order valence-electron chi connectivity index (χ1n) is 6.04. The van der Waals surface area contributed by atoms with Gasteiger partial charge in [0.1, 0.15) is 11.5 Å². The van der Waals surface area contributed by atoms with Gasteiger partial charge in [0, 0.05) is 12.2 Å². The standard InChI is InChI=1S/C13H14ClN5/c1-8(2)19-7-16-6-10(19)11-12(15)18-5-3-4-9(14)13(18)17-11/h3-8H,15H2,1-2H3. The number of hydrogen-bond donors (Lipinski definition) is 1. The molecule has 0 spiro atoms. The number of aromatic nitrogens is 4. The number of rotatable bonds is 2. The van der Waals surface area contributed by atoms with E-state index in [-0.39, 0.29) is 6.04 Å². The lowest BCUT2D eigenvalue weighted by atomic mass is 10.3. The summed E-state index contributed by atoms with van der Waals surface area (Å²) in [7, 11) is 0. The number of imidazole rings is 2. The van der Waals surface area contributed by atoms with Gasteiger partial charge in [-0.3, -0.25) is 4.40 Å². The molecular formula is C13H14ClN5. The van der Waals surface area contributed by atoms with Gasteiger partial charge in [-0.25, -0.2) is 9.97 Å². The summed E-state index contributed by atoms with van der Waals surface area (Å²) in [6.45, 7) is 4.17. The van der Waals surface area contributed by atoms with Crippen molar-refractivity contribution in [3.63, 3.8) is 0 Å². The molecule has 0 saturated carbocycles. The number of hydrogen-bond acceptors (Lipinski definition) is 3. The highest BCUT2D eigenvalue weighted by molar-refractivity contribution is 6.33. The number of halogens is 1. The van der Waals surface area contributed by atoms with Gasteiger partial charge in [-0.2, -0.15) is 0 Å². The largest absolute Gasteiger partial charge is 0.383 e. The van der Waals surface area contributed by atoms with Crippen LogP contribution < -0.4 is 5.73 Å². The summed E-state index contributed by atoms with van der Waals surface area (Å²) in [5.74, 6) is 0.569. The van der Waals surface area contributed by atoms with Crippen LogP contribution in [0.2, 0.25) is 5.02 Å². The Bertz CT molecular complexity index is 741. The van der Waals surface area contributed by atoms with E-state index in [0.717, 1.165) is 5.69 Å². The topological polar surface area (TPSA) is 61.1 Å². The molecule has 0 aliphatic rings. The van der Waals surface area contributed by atoms with Gasteiger partial charge in [-0.1, -0.05) is 11.6 Å². The highest BCUT2D eigenvalue weighted by atomic mass is 35.5. The molecule has 3 heterocycles. The van der Waals surface area contributed by atoms with Gasteiger partial charge in [-0.05, 0) is 26.0 Å². The van der Waals surface area contributed by atoms with Crippen molar-refractivity contribution in [2.45, 2.75) is 19.9 Å². The van der Waals surface area contributed by atoms with Crippen LogP contribution in [0.4, 0.5) is 5.82 Å². The summed E-state index contributed by atoms with van der Waals surface area (Å²) in [4.78, 5) is 8.72. The van der Waals surface area contributed by atoms with Gasteiger partial charge in [0.25, 0.3) is 0 Å². The minimum Gasteiger partial charge on any atom is -0.383 e. The van der Waals surface area contributed by atoms with Crippen molar-refractivity contribution in [1.82, 2.24) is 18.9 Å². The third-order valence-electron chi connectivity index (χ3n) is 3.10. The van der Waals surface area contributed by atoms with Crippen molar-refractivity contribution in [1.29, 1.82) is 0 Å². The monoisotopic (exact) mass is 275 g/mol. The minimum absolute atomic E-state index is 0.289. The van der Waals surface area contributed by atoms with E-state index >= 15 is 0 Å². The number of nitrogen functional groups attached to an aromatic ring is 1. The van der Waals surface area contributed by atoms with Crippen molar-refractivity contribution < 1.29 is 0 Å². The fourth-order valence-corrected chi connectivity index (χ4v) is 2.35. The SMILES string of the molecule is CC(C)n1cncc1-c1nc2c(Cl)cccn2c1N. The second kappa shape index (κ2) is 4.28. The zero-order chi connectivity index (χ0) is 13.6. The molecular weight excluding hydrogens is 262 g/mol. The van der Waals surface area contributed by atoms with Crippen molar-refractivity contribution in [2.24, 2.45) is 0 Å². The molecule has 19 heavy (non-hydrogen) atoms. The smallest absolute Gasteiger partial charge is 0.158 e. The van der Waals surface area contributed by atoms with Crippen LogP contribution in [0.15, 0.2) is 30.9 Å². The zero-order valence-electron chi connectivity index (χ0n) is 10.7. The normalized spacial score (nSPS) is 11.6. The Hall–Kier alpha value is -2.01. The van der Waals surface area contributed by atoms with Crippen molar-refractivity contribution in [2.75, 3.05) is 5.73 Å². The van der Waals surface area contributed by atoms with Crippen molar-refractivity contribution >= 4 is 23.1 Å². The van der Waals surface area contributed by atoms with Crippen molar-refractivity contribution in [3.05, 3.63) is 35.9 Å². The summed E-state index contributed by atoms with van der Waals surface area (Å²) >= 11 is 6.14. The molecule has 0 bridgehead atoms. The van der Waals surface area contributed by atoms with Gasteiger partial charge < -0.3 is 10.3 Å². The predicted molar refractivity (Wildman–Crippen MR) is 76.2 cm³/mol. The fraction of sp³-hybridized carbons (Fsp3) is 0.231. The first-order chi connectivity index (χ1) is 9.09. The molecule has 2 N–H and O–H groups in total. The van der Waals surface area contributed by atoms with E-state index in [1.54, 1.807) is 23.0 Å². The molecule has 6 heteroatoms. The van der Waals surface area contributed by atoms with Gasteiger partial charge in [0.15, 0.2) is 5.65 Å². The number of anilines is 1. The van der Waals surface area contributed by atoms with E-state index in [1.165, 1.54) is 0 Å². The Labute approximate surface area is 115 Å². The lowest BCUT2D eigenvalue weighted by molar-refractivity contribution is 0.605. The maximum atomic E-state index is 6.17. The third-order valence-corrected chi connectivity index (χ3v) is 3.40. The Morgan fingerprint density at radius 1 is 1.37 bits per heavy atom. The molecule has 0 unspecified atom stereocenters. The van der Waals surface area contributed by atoms with Gasteiger partial charge in [0.2, 0.25) is 0 Å². The van der Waals surface area contributed by atoms with Crippen LogP contribution in [0.25, 0.3) is 17.0 Å². The highest BCUT2D eigenvalue weighted by Crippen LogP contribution is 2.30. The molecule has 0 aliphatic carbocycles. The molecule has 0 radical (unpaired) electrons. The minimum atomic E-state index is 0.289. The Morgan fingerprint density at radius 2 is 2.16 bits per heavy atom. The van der Waals surface area contributed by atoms with Gasteiger partial charge >= 0.3 is 0 Å². The van der Waals surface area contributed by atoms with Crippen LogP contribution in [-0.4, -0.2) is 18.9 Å². The number of pyridine rings is 1. The first-order valence-corrected chi connectivity index (χ1v) is 6.41. The summed E-state index contributed by atoms with van der Waals surface area (Å²) in [6.07, 6.45) is 5.40. The molecule has 98 valence electrons. The van der Waals surface area contributed by atoms with Crippen molar-refractivity contribution in [3.8, 4) is 11.4 Å². The van der Waals surface area contributed by atoms with Crippen LogP contribution in [-0.2, 0) is 0 Å². The average Bonchev–Trinajstić information content (AvgIpc) is 2.95. The molecule has 0 saturated heterocycles. The van der Waals surface area contributed by atoms with E-state index < -0.39 is 0 Å². The lowest BCUT2D eigenvalue weighted by Crippen LogP contribution is -2.02. The maximum absolute atomic E-state index is 6.17. The molecule has 3 rings (SSSR count). The quantitative estimate of drug-likeness (QED) is 0.782. The number of fused-ring (bicyclic) bond motifs is 1. The molecule has 0 aromatic carbocycles. The molecule has 0 aliphatic heterocycles.